The van der Waals surface area contributed by atoms with Crippen molar-refractivity contribution in [3.8, 4) is 11.8 Å². The molecule has 114 valence electrons. The van der Waals surface area contributed by atoms with Crippen molar-refractivity contribution in [2.75, 3.05) is 12.4 Å². The number of carbonyl (C=O) groups excluding carboxylic acids is 1. The summed E-state index contributed by atoms with van der Waals surface area (Å²) in [5, 5.41) is 2.57. The molecule has 1 aromatic rings. The number of amides is 1. The average molecular weight is 318 g/mol. The fourth-order valence-corrected chi connectivity index (χ4v) is 1.47. The van der Waals surface area contributed by atoms with E-state index < -0.39 is 17.2 Å². The van der Waals surface area contributed by atoms with Gasteiger partial charge in [0.25, 0.3) is 0 Å². The highest BCUT2D eigenvalue weighted by atomic mass is 35.5. The number of carbonyl (C=O) groups is 1. The van der Waals surface area contributed by atoms with Gasteiger partial charge in [-0.25, -0.2) is 0 Å². The first kappa shape index (κ1) is 17.4. The Balaban J connectivity index is 2.66. The van der Waals surface area contributed by atoms with Crippen LogP contribution in [-0.2, 0) is 11.0 Å². The van der Waals surface area contributed by atoms with Crippen LogP contribution in [-0.4, -0.2) is 18.3 Å². The lowest BCUT2D eigenvalue weighted by molar-refractivity contribution is -0.137. The summed E-state index contributed by atoms with van der Waals surface area (Å²) in [6.45, 7) is 3.43. The number of hydrogen-bond acceptors (Lipinski definition) is 1. The number of benzene rings is 1. The third kappa shape index (κ3) is 5.31. The summed E-state index contributed by atoms with van der Waals surface area (Å²) in [6.07, 6.45) is -4.39. The van der Waals surface area contributed by atoms with Crippen LogP contribution in [0.2, 0.25) is 0 Å². The molecule has 0 fully saturated rings. The van der Waals surface area contributed by atoms with Crippen molar-refractivity contribution in [3.05, 3.63) is 35.4 Å². The number of halogens is 4. The second-order valence-electron chi connectivity index (χ2n) is 5.08. The highest BCUT2D eigenvalue weighted by Gasteiger charge is 2.30. The van der Waals surface area contributed by atoms with Crippen LogP contribution in [0.15, 0.2) is 24.3 Å². The van der Waals surface area contributed by atoms with E-state index in [1.807, 2.05) is 0 Å². The molecule has 0 radical (unpaired) electrons. The van der Waals surface area contributed by atoms with E-state index in [2.05, 4.69) is 17.2 Å². The summed E-state index contributed by atoms with van der Waals surface area (Å²) in [5.41, 5.74) is -1.21. The first-order chi connectivity index (χ1) is 9.66. The molecule has 0 atom stereocenters. The SMILES string of the molecule is CC(C)(CCl)C(=O)NCC#Cc1cccc(C(F)(F)F)c1. The lowest BCUT2D eigenvalue weighted by Crippen LogP contribution is -2.38. The number of rotatable bonds is 3. The molecule has 1 amide bonds. The molecule has 0 unspecified atom stereocenters. The van der Waals surface area contributed by atoms with E-state index in [9.17, 15) is 18.0 Å². The van der Waals surface area contributed by atoms with Crippen LogP contribution < -0.4 is 5.32 Å². The summed E-state index contributed by atoms with van der Waals surface area (Å²) >= 11 is 5.65. The number of nitrogens with one attached hydrogen (secondary N) is 1. The van der Waals surface area contributed by atoms with Gasteiger partial charge in [-0.2, -0.15) is 13.2 Å². The van der Waals surface area contributed by atoms with Crippen molar-refractivity contribution in [3.63, 3.8) is 0 Å². The maximum Gasteiger partial charge on any atom is 0.416 e. The summed E-state index contributed by atoms with van der Waals surface area (Å²) < 4.78 is 37.5. The van der Waals surface area contributed by atoms with E-state index in [4.69, 9.17) is 11.6 Å². The van der Waals surface area contributed by atoms with Gasteiger partial charge in [-0.15, -0.1) is 11.6 Å². The lowest BCUT2D eigenvalue weighted by Gasteiger charge is -2.19. The molecule has 0 aliphatic heterocycles. The van der Waals surface area contributed by atoms with Crippen molar-refractivity contribution in [1.29, 1.82) is 0 Å². The molecule has 0 aromatic heterocycles. The topological polar surface area (TPSA) is 29.1 Å². The van der Waals surface area contributed by atoms with Crippen LogP contribution in [0.1, 0.15) is 25.0 Å². The average Bonchev–Trinajstić information content (AvgIpc) is 2.42. The maximum atomic E-state index is 12.5. The third-order valence-electron chi connectivity index (χ3n) is 2.71. The van der Waals surface area contributed by atoms with E-state index >= 15 is 0 Å². The van der Waals surface area contributed by atoms with Gasteiger partial charge < -0.3 is 5.32 Å². The zero-order chi connectivity index (χ0) is 16.1. The van der Waals surface area contributed by atoms with E-state index in [-0.39, 0.29) is 23.9 Å². The van der Waals surface area contributed by atoms with Gasteiger partial charge in [-0.05, 0) is 32.0 Å². The smallest absolute Gasteiger partial charge is 0.345 e. The number of alkyl halides is 4. The highest BCUT2D eigenvalue weighted by Crippen LogP contribution is 2.29. The first-order valence-corrected chi connectivity index (χ1v) is 6.70. The monoisotopic (exact) mass is 317 g/mol. The van der Waals surface area contributed by atoms with Crippen LogP contribution in [0.3, 0.4) is 0 Å². The molecule has 1 aromatic carbocycles. The van der Waals surface area contributed by atoms with E-state index in [1.165, 1.54) is 12.1 Å². The standard InChI is InChI=1S/C15H15ClF3NO/c1-14(2,10-16)13(21)20-8-4-6-11-5-3-7-12(9-11)15(17,18)19/h3,5,7,9H,8,10H2,1-2H3,(H,20,21). The van der Waals surface area contributed by atoms with Gasteiger partial charge in [0.2, 0.25) is 5.91 Å². The fraction of sp³-hybridized carbons (Fsp3) is 0.400. The molecule has 2 nitrogen and oxygen atoms in total. The quantitative estimate of drug-likeness (QED) is 0.671. The molecule has 6 heteroatoms. The fourth-order valence-electron chi connectivity index (χ4n) is 1.34. The zero-order valence-electron chi connectivity index (χ0n) is 11.6. The maximum absolute atomic E-state index is 12.5. The van der Waals surface area contributed by atoms with E-state index in [0.29, 0.717) is 0 Å². The Labute approximate surface area is 126 Å². The second kappa shape index (κ2) is 6.86. The Bertz CT molecular complexity index is 570. The van der Waals surface area contributed by atoms with Gasteiger partial charge in [0.15, 0.2) is 0 Å². The van der Waals surface area contributed by atoms with Gasteiger partial charge in [-0.1, -0.05) is 17.9 Å². The molecule has 0 saturated heterocycles. The normalized spacial score (nSPS) is 11.5. The van der Waals surface area contributed by atoms with Gasteiger partial charge in [-0.3, -0.25) is 4.79 Å². The molecule has 21 heavy (non-hydrogen) atoms. The molecule has 0 bridgehead atoms. The Morgan fingerprint density at radius 3 is 2.57 bits per heavy atom. The molecule has 0 saturated carbocycles. The van der Waals surface area contributed by atoms with Crippen molar-refractivity contribution in [2.24, 2.45) is 5.41 Å². The number of hydrogen-bond donors (Lipinski definition) is 1. The van der Waals surface area contributed by atoms with Crippen LogP contribution in [0.4, 0.5) is 13.2 Å². The molecular weight excluding hydrogens is 303 g/mol. The first-order valence-electron chi connectivity index (χ1n) is 6.17. The molecule has 1 rings (SSSR count). The van der Waals surface area contributed by atoms with Crippen LogP contribution in [0.25, 0.3) is 0 Å². The van der Waals surface area contributed by atoms with Crippen LogP contribution >= 0.6 is 11.6 Å². The molecular formula is C15H15ClF3NO. The van der Waals surface area contributed by atoms with Crippen molar-refractivity contribution < 1.29 is 18.0 Å². The molecule has 1 N–H and O–H groups in total. The minimum absolute atomic E-state index is 0.0510. The zero-order valence-corrected chi connectivity index (χ0v) is 12.4. The summed E-state index contributed by atoms with van der Waals surface area (Å²) in [6, 6.07) is 4.72. The van der Waals surface area contributed by atoms with Crippen LogP contribution in [0, 0.1) is 17.3 Å². The minimum atomic E-state index is -4.39. The van der Waals surface area contributed by atoms with E-state index in [0.717, 1.165) is 12.1 Å². The van der Waals surface area contributed by atoms with Crippen molar-refractivity contribution in [1.82, 2.24) is 5.32 Å². The summed E-state index contributed by atoms with van der Waals surface area (Å²) in [4.78, 5) is 11.7. The summed E-state index contributed by atoms with van der Waals surface area (Å²) in [7, 11) is 0. The largest absolute Gasteiger partial charge is 0.416 e. The predicted molar refractivity (Wildman–Crippen MR) is 75.8 cm³/mol. The lowest BCUT2D eigenvalue weighted by atomic mass is 9.95. The van der Waals surface area contributed by atoms with Gasteiger partial charge >= 0.3 is 6.18 Å². The molecule has 0 aliphatic carbocycles. The molecule has 0 heterocycles. The molecule has 0 spiro atoms. The molecule has 0 aliphatic rings. The van der Waals surface area contributed by atoms with Gasteiger partial charge in [0, 0.05) is 11.4 Å². The third-order valence-corrected chi connectivity index (χ3v) is 3.38. The Kier molecular flexibility index (Phi) is 5.68. The Hall–Kier alpha value is -1.67. The van der Waals surface area contributed by atoms with Gasteiger partial charge in [0.1, 0.15) is 0 Å². The van der Waals surface area contributed by atoms with Gasteiger partial charge in [0.05, 0.1) is 17.5 Å². The summed E-state index contributed by atoms with van der Waals surface area (Å²) in [5.74, 6) is 5.11. The Morgan fingerprint density at radius 2 is 2.00 bits per heavy atom. The van der Waals surface area contributed by atoms with E-state index in [1.54, 1.807) is 13.8 Å². The highest BCUT2D eigenvalue weighted by molar-refractivity contribution is 6.19. The van der Waals surface area contributed by atoms with Crippen molar-refractivity contribution >= 4 is 17.5 Å². The predicted octanol–water partition coefficient (Wildman–Crippen LogP) is 3.44. The van der Waals surface area contributed by atoms with Crippen molar-refractivity contribution in [2.45, 2.75) is 20.0 Å². The van der Waals surface area contributed by atoms with Crippen LogP contribution in [0.5, 0.6) is 0 Å². The second-order valence-corrected chi connectivity index (χ2v) is 5.35. The minimum Gasteiger partial charge on any atom is -0.345 e. The Morgan fingerprint density at radius 1 is 1.33 bits per heavy atom.